The molecular formula is C21H21F3N2O3. The summed E-state index contributed by atoms with van der Waals surface area (Å²) in [5.41, 5.74) is 1.58. The van der Waals surface area contributed by atoms with Crippen molar-refractivity contribution in [1.82, 2.24) is 0 Å². The lowest BCUT2D eigenvalue weighted by Crippen LogP contribution is -2.23. The fraction of sp³-hybridized carbons (Fsp3) is 0.333. The number of carboxylic acid groups (broad SMARTS) is 1. The lowest BCUT2D eigenvalue weighted by Gasteiger charge is -2.24. The van der Waals surface area contributed by atoms with Gasteiger partial charge >= 0.3 is 12.1 Å². The van der Waals surface area contributed by atoms with E-state index in [4.69, 9.17) is 15.1 Å². The van der Waals surface area contributed by atoms with Gasteiger partial charge in [-0.25, -0.2) is 0 Å². The van der Waals surface area contributed by atoms with Crippen LogP contribution in [-0.2, 0) is 9.53 Å². The monoisotopic (exact) mass is 406 g/mol. The second-order valence-corrected chi connectivity index (χ2v) is 6.52. The van der Waals surface area contributed by atoms with E-state index in [0.717, 1.165) is 7.11 Å². The normalized spacial score (nSPS) is 13.4. The van der Waals surface area contributed by atoms with Crippen molar-refractivity contribution in [3.8, 4) is 6.07 Å². The first-order chi connectivity index (χ1) is 13.7. The summed E-state index contributed by atoms with van der Waals surface area (Å²) in [4.78, 5) is 11.1. The van der Waals surface area contributed by atoms with Gasteiger partial charge in [0.05, 0.1) is 18.1 Å². The Balaban J connectivity index is 2.52. The second-order valence-electron chi connectivity index (χ2n) is 6.52. The first kappa shape index (κ1) is 22.2. The van der Waals surface area contributed by atoms with Crippen LogP contribution in [0.25, 0.3) is 0 Å². The van der Waals surface area contributed by atoms with Crippen molar-refractivity contribution in [2.45, 2.75) is 38.0 Å². The summed E-state index contributed by atoms with van der Waals surface area (Å²) >= 11 is 0. The van der Waals surface area contributed by atoms with Crippen molar-refractivity contribution in [1.29, 1.82) is 5.26 Å². The molecule has 0 amide bonds. The lowest BCUT2D eigenvalue weighted by molar-refractivity contribution is -0.215. The van der Waals surface area contributed by atoms with Gasteiger partial charge in [0.1, 0.15) is 0 Å². The average Bonchev–Trinajstić information content (AvgIpc) is 2.67. The van der Waals surface area contributed by atoms with Crippen LogP contribution in [0.15, 0.2) is 42.5 Å². The van der Waals surface area contributed by atoms with Crippen LogP contribution in [0.1, 0.15) is 48.5 Å². The molecule has 0 radical (unpaired) electrons. The summed E-state index contributed by atoms with van der Waals surface area (Å²) in [5.74, 6) is -1.32. The molecule has 0 heterocycles. The van der Waals surface area contributed by atoms with Crippen LogP contribution < -0.4 is 5.32 Å². The topological polar surface area (TPSA) is 82.3 Å². The number of halogens is 3. The molecule has 0 saturated heterocycles. The maximum atomic E-state index is 13.5. The second kappa shape index (κ2) is 9.43. The molecule has 2 unspecified atom stereocenters. The standard InChI is InChI=1S/C21H21F3N2O3/c1-3-14(11-19(27)28)15-6-9-17(20(29-2)21(22,23)24)18(10-15)26-16-7-4-13(12-25)5-8-16/h4-10,14,20,26H,3,11H2,1-2H3,(H,27,28). The van der Waals surface area contributed by atoms with Gasteiger partial charge in [0, 0.05) is 24.0 Å². The number of anilines is 2. The highest BCUT2D eigenvalue weighted by Gasteiger charge is 2.42. The van der Waals surface area contributed by atoms with Crippen LogP contribution >= 0.6 is 0 Å². The Labute approximate surface area is 166 Å². The first-order valence-corrected chi connectivity index (χ1v) is 8.91. The van der Waals surface area contributed by atoms with Crippen molar-refractivity contribution in [2.75, 3.05) is 12.4 Å². The van der Waals surface area contributed by atoms with Crippen LogP contribution in [0.2, 0.25) is 0 Å². The number of carboxylic acids is 1. The summed E-state index contributed by atoms with van der Waals surface area (Å²) < 4.78 is 45.1. The van der Waals surface area contributed by atoms with Crippen molar-refractivity contribution in [3.63, 3.8) is 0 Å². The Morgan fingerprint density at radius 2 is 1.90 bits per heavy atom. The number of hydrogen-bond acceptors (Lipinski definition) is 4. The SMILES string of the molecule is CCC(CC(=O)O)c1ccc(C(OC)C(F)(F)F)c(Nc2ccc(C#N)cc2)c1. The molecule has 0 spiro atoms. The molecule has 0 saturated carbocycles. The fourth-order valence-electron chi connectivity index (χ4n) is 3.09. The van der Waals surface area contributed by atoms with Gasteiger partial charge in [0.15, 0.2) is 6.10 Å². The summed E-state index contributed by atoms with van der Waals surface area (Å²) in [6, 6.07) is 12.6. The van der Waals surface area contributed by atoms with E-state index >= 15 is 0 Å². The van der Waals surface area contributed by atoms with Crippen LogP contribution in [0.4, 0.5) is 24.5 Å². The molecule has 0 aliphatic rings. The molecule has 5 nitrogen and oxygen atoms in total. The van der Waals surface area contributed by atoms with E-state index in [1.807, 2.05) is 13.0 Å². The summed E-state index contributed by atoms with van der Waals surface area (Å²) in [7, 11) is 0.983. The number of methoxy groups -OCH3 is 1. The highest BCUT2D eigenvalue weighted by molar-refractivity contribution is 5.69. The van der Waals surface area contributed by atoms with E-state index in [1.165, 1.54) is 18.2 Å². The Morgan fingerprint density at radius 1 is 1.24 bits per heavy atom. The van der Waals surface area contributed by atoms with Gasteiger partial charge in [-0.15, -0.1) is 0 Å². The van der Waals surface area contributed by atoms with Crippen molar-refractivity contribution in [2.24, 2.45) is 0 Å². The van der Waals surface area contributed by atoms with E-state index in [1.54, 1.807) is 24.3 Å². The maximum absolute atomic E-state index is 13.5. The van der Waals surface area contributed by atoms with Gasteiger partial charge < -0.3 is 15.2 Å². The third-order valence-corrected chi connectivity index (χ3v) is 4.57. The van der Waals surface area contributed by atoms with Crippen LogP contribution in [0.3, 0.4) is 0 Å². The number of nitriles is 1. The molecule has 0 bridgehead atoms. The zero-order valence-electron chi connectivity index (χ0n) is 16.0. The summed E-state index contributed by atoms with van der Waals surface area (Å²) in [5, 5.41) is 20.9. The van der Waals surface area contributed by atoms with E-state index in [0.29, 0.717) is 23.2 Å². The molecule has 0 aliphatic carbocycles. The molecule has 2 rings (SSSR count). The number of nitrogens with zero attached hydrogens (tertiary/aromatic N) is 1. The molecule has 2 N–H and O–H groups in total. The van der Waals surface area contributed by atoms with Gasteiger partial charge in [0.2, 0.25) is 0 Å². The Bertz CT molecular complexity index is 890. The largest absolute Gasteiger partial charge is 0.481 e. The zero-order chi connectivity index (χ0) is 21.6. The molecule has 154 valence electrons. The molecule has 0 aliphatic heterocycles. The number of ether oxygens (including phenoxy) is 1. The Morgan fingerprint density at radius 3 is 2.38 bits per heavy atom. The number of carbonyl (C=O) groups is 1. The molecule has 2 atom stereocenters. The maximum Gasteiger partial charge on any atom is 0.418 e. The number of alkyl halides is 3. The van der Waals surface area contributed by atoms with Gasteiger partial charge in [-0.1, -0.05) is 19.1 Å². The minimum Gasteiger partial charge on any atom is -0.481 e. The predicted molar refractivity (Wildman–Crippen MR) is 102 cm³/mol. The number of aliphatic carboxylic acids is 1. The van der Waals surface area contributed by atoms with Crippen molar-refractivity contribution < 1.29 is 27.8 Å². The molecule has 2 aromatic rings. The number of benzene rings is 2. The number of hydrogen-bond donors (Lipinski definition) is 2. The lowest BCUT2D eigenvalue weighted by atomic mass is 9.91. The average molecular weight is 406 g/mol. The summed E-state index contributed by atoms with van der Waals surface area (Å²) in [6.07, 6.45) is -6.37. The molecule has 8 heteroatoms. The van der Waals surface area contributed by atoms with E-state index in [-0.39, 0.29) is 23.6 Å². The van der Waals surface area contributed by atoms with Crippen LogP contribution in [0, 0.1) is 11.3 Å². The first-order valence-electron chi connectivity index (χ1n) is 8.91. The van der Waals surface area contributed by atoms with Crippen LogP contribution in [-0.4, -0.2) is 24.4 Å². The highest BCUT2D eigenvalue weighted by atomic mass is 19.4. The van der Waals surface area contributed by atoms with Crippen molar-refractivity contribution in [3.05, 3.63) is 59.2 Å². The molecule has 29 heavy (non-hydrogen) atoms. The number of rotatable bonds is 8. The third kappa shape index (κ3) is 5.72. The minimum absolute atomic E-state index is 0.113. The van der Waals surface area contributed by atoms with Gasteiger partial charge in [-0.05, 0) is 48.2 Å². The third-order valence-electron chi connectivity index (χ3n) is 4.57. The Kier molecular flexibility index (Phi) is 7.23. The highest BCUT2D eigenvalue weighted by Crippen LogP contribution is 2.41. The van der Waals surface area contributed by atoms with E-state index in [9.17, 15) is 18.0 Å². The summed E-state index contributed by atoms with van der Waals surface area (Å²) in [6.45, 7) is 1.82. The van der Waals surface area contributed by atoms with Gasteiger partial charge in [0.25, 0.3) is 0 Å². The van der Waals surface area contributed by atoms with Gasteiger partial charge in [-0.2, -0.15) is 18.4 Å². The fourth-order valence-corrected chi connectivity index (χ4v) is 3.09. The van der Waals surface area contributed by atoms with Gasteiger partial charge in [-0.3, -0.25) is 4.79 Å². The minimum atomic E-state index is -4.62. The quantitative estimate of drug-likeness (QED) is 0.603. The molecule has 0 fully saturated rings. The molecule has 0 aromatic heterocycles. The Hall–Kier alpha value is -3.05. The predicted octanol–water partition coefficient (Wildman–Crippen LogP) is 5.52. The van der Waals surface area contributed by atoms with Crippen molar-refractivity contribution >= 4 is 17.3 Å². The number of nitrogens with one attached hydrogen (secondary N) is 1. The zero-order valence-corrected chi connectivity index (χ0v) is 16.0. The molecule has 2 aromatic carbocycles. The smallest absolute Gasteiger partial charge is 0.418 e. The van der Waals surface area contributed by atoms with E-state index in [2.05, 4.69) is 5.32 Å². The van der Waals surface area contributed by atoms with E-state index < -0.39 is 18.2 Å². The van der Waals surface area contributed by atoms with Crippen LogP contribution in [0.5, 0.6) is 0 Å². The molecular weight excluding hydrogens is 385 g/mol.